The van der Waals surface area contributed by atoms with Crippen LogP contribution in [0.2, 0.25) is 10.0 Å². The van der Waals surface area contributed by atoms with Gasteiger partial charge in [0.1, 0.15) is 5.75 Å². The average Bonchev–Trinajstić information content (AvgIpc) is 2.57. The van der Waals surface area contributed by atoms with E-state index in [0.29, 0.717) is 22.3 Å². The number of hydrogen-bond acceptors (Lipinski definition) is 4. The maximum Gasteiger partial charge on any atom is 0.344 e. The molecule has 0 aromatic heterocycles. The van der Waals surface area contributed by atoms with Crippen molar-refractivity contribution in [2.75, 3.05) is 13.2 Å². The van der Waals surface area contributed by atoms with E-state index in [1.165, 1.54) is 0 Å². The van der Waals surface area contributed by atoms with E-state index in [0.717, 1.165) is 5.56 Å². The summed E-state index contributed by atoms with van der Waals surface area (Å²) in [5, 5.41) is 3.61. The number of carbonyl (C=O) groups is 2. The van der Waals surface area contributed by atoms with Gasteiger partial charge in [-0.25, -0.2) is 4.79 Å². The smallest absolute Gasteiger partial charge is 0.344 e. The number of esters is 1. The number of amides is 1. The second kappa shape index (κ2) is 9.15. The highest BCUT2D eigenvalue weighted by Crippen LogP contribution is 2.22. The summed E-state index contributed by atoms with van der Waals surface area (Å²) in [4.78, 5) is 23.2. The van der Waals surface area contributed by atoms with E-state index in [-0.39, 0.29) is 13.2 Å². The van der Waals surface area contributed by atoms with Crippen LogP contribution in [0.1, 0.15) is 5.56 Å². The summed E-state index contributed by atoms with van der Waals surface area (Å²) in [6, 6.07) is 13.9. The van der Waals surface area contributed by atoms with Crippen molar-refractivity contribution in [2.24, 2.45) is 0 Å². The summed E-state index contributed by atoms with van der Waals surface area (Å²) in [5.41, 5.74) is 0.851. The molecular formula is C17H15Cl2NO4. The molecule has 1 N–H and O–H groups in total. The molecule has 0 aliphatic heterocycles. The molecule has 0 radical (unpaired) electrons. The normalized spacial score (nSPS) is 10.1. The summed E-state index contributed by atoms with van der Waals surface area (Å²) in [7, 11) is 0. The second-order valence-corrected chi connectivity index (χ2v) is 5.63. The maximum atomic E-state index is 11.7. The van der Waals surface area contributed by atoms with Crippen LogP contribution in [-0.4, -0.2) is 25.1 Å². The Morgan fingerprint density at radius 1 is 1.00 bits per heavy atom. The first kappa shape index (κ1) is 18.1. The molecular weight excluding hydrogens is 353 g/mol. The van der Waals surface area contributed by atoms with E-state index in [1.807, 2.05) is 6.07 Å². The minimum absolute atomic E-state index is 0.299. The topological polar surface area (TPSA) is 64.6 Å². The number of halogens is 2. The van der Waals surface area contributed by atoms with Crippen LogP contribution >= 0.6 is 23.2 Å². The van der Waals surface area contributed by atoms with Gasteiger partial charge in [-0.15, -0.1) is 0 Å². The van der Waals surface area contributed by atoms with Crippen molar-refractivity contribution in [2.45, 2.75) is 6.54 Å². The largest absolute Gasteiger partial charge is 0.480 e. The van der Waals surface area contributed by atoms with Crippen LogP contribution in [0.3, 0.4) is 0 Å². The molecule has 0 fully saturated rings. The van der Waals surface area contributed by atoms with Gasteiger partial charge in [0.05, 0.1) is 5.02 Å². The van der Waals surface area contributed by atoms with E-state index in [9.17, 15) is 9.59 Å². The van der Waals surface area contributed by atoms with Crippen LogP contribution in [0.5, 0.6) is 5.75 Å². The predicted octanol–water partition coefficient (Wildman–Crippen LogP) is 3.23. The lowest BCUT2D eigenvalue weighted by molar-refractivity contribution is -0.150. The third-order valence-electron chi connectivity index (χ3n) is 2.93. The third-order valence-corrected chi connectivity index (χ3v) is 3.47. The highest BCUT2D eigenvalue weighted by molar-refractivity contribution is 6.32. The number of para-hydroxylation sites is 1. The van der Waals surface area contributed by atoms with Gasteiger partial charge in [-0.2, -0.15) is 0 Å². The molecule has 0 aliphatic carbocycles. The minimum atomic E-state index is -0.659. The van der Waals surface area contributed by atoms with E-state index in [4.69, 9.17) is 32.7 Å². The summed E-state index contributed by atoms with van der Waals surface area (Å²) in [5.74, 6) is -0.699. The molecule has 0 aliphatic rings. The monoisotopic (exact) mass is 367 g/mol. The van der Waals surface area contributed by atoms with Crippen molar-refractivity contribution >= 4 is 35.1 Å². The van der Waals surface area contributed by atoms with E-state index >= 15 is 0 Å². The Kier molecular flexibility index (Phi) is 6.90. The van der Waals surface area contributed by atoms with Crippen LogP contribution < -0.4 is 10.1 Å². The summed E-state index contributed by atoms with van der Waals surface area (Å²) >= 11 is 11.7. The van der Waals surface area contributed by atoms with E-state index in [1.54, 1.807) is 42.5 Å². The fourth-order valence-electron chi connectivity index (χ4n) is 1.78. The first-order valence-corrected chi connectivity index (χ1v) is 7.84. The molecule has 5 nitrogen and oxygen atoms in total. The lowest BCUT2D eigenvalue weighted by atomic mass is 10.2. The predicted molar refractivity (Wildman–Crippen MR) is 91.2 cm³/mol. The number of carbonyl (C=O) groups excluding carboxylic acids is 2. The van der Waals surface area contributed by atoms with Crippen LogP contribution in [0.4, 0.5) is 0 Å². The highest BCUT2D eigenvalue weighted by Gasteiger charge is 2.09. The zero-order valence-electron chi connectivity index (χ0n) is 12.6. The fraction of sp³-hybridized carbons (Fsp3) is 0.176. The van der Waals surface area contributed by atoms with Crippen molar-refractivity contribution in [1.82, 2.24) is 5.32 Å². The Labute approximate surface area is 149 Å². The van der Waals surface area contributed by atoms with Crippen LogP contribution in [-0.2, 0) is 20.9 Å². The van der Waals surface area contributed by atoms with Gasteiger partial charge in [-0.3, -0.25) is 4.79 Å². The van der Waals surface area contributed by atoms with Gasteiger partial charge >= 0.3 is 5.97 Å². The number of ether oxygens (including phenoxy) is 2. The van der Waals surface area contributed by atoms with E-state index < -0.39 is 11.9 Å². The zero-order chi connectivity index (χ0) is 17.4. The average molecular weight is 368 g/mol. The molecule has 0 saturated carbocycles. The molecule has 1 amide bonds. The molecule has 0 atom stereocenters. The van der Waals surface area contributed by atoms with Gasteiger partial charge in [0.2, 0.25) is 0 Å². The van der Waals surface area contributed by atoms with Crippen LogP contribution in [0.15, 0.2) is 48.5 Å². The molecule has 2 rings (SSSR count). The summed E-state index contributed by atoms with van der Waals surface area (Å²) in [6.45, 7) is -0.413. The highest BCUT2D eigenvalue weighted by atomic mass is 35.5. The Balaban J connectivity index is 1.68. The lowest BCUT2D eigenvalue weighted by Crippen LogP contribution is -2.29. The molecule has 0 unspecified atom stereocenters. The van der Waals surface area contributed by atoms with Crippen molar-refractivity contribution in [3.63, 3.8) is 0 Å². The molecule has 24 heavy (non-hydrogen) atoms. The Bertz CT molecular complexity index is 721. The molecule has 0 heterocycles. The summed E-state index contributed by atoms with van der Waals surface area (Å²) in [6.07, 6.45) is 0. The van der Waals surface area contributed by atoms with Gasteiger partial charge in [-0.1, -0.05) is 47.5 Å². The van der Waals surface area contributed by atoms with Gasteiger partial charge in [0.15, 0.2) is 13.2 Å². The Morgan fingerprint density at radius 3 is 2.54 bits per heavy atom. The first-order valence-electron chi connectivity index (χ1n) is 7.08. The number of rotatable bonds is 7. The number of benzene rings is 2. The third kappa shape index (κ3) is 6.10. The standard InChI is InChI=1S/C17H15Cl2NO4/c18-13-5-3-4-12(8-13)9-20-16(21)10-24-17(22)11-23-15-7-2-1-6-14(15)19/h1-8H,9-11H2,(H,20,21). The van der Waals surface area contributed by atoms with Gasteiger partial charge in [0, 0.05) is 11.6 Å². The fourth-order valence-corrected chi connectivity index (χ4v) is 2.19. The van der Waals surface area contributed by atoms with Crippen molar-refractivity contribution < 1.29 is 19.1 Å². The van der Waals surface area contributed by atoms with Crippen LogP contribution in [0, 0.1) is 0 Å². The lowest BCUT2D eigenvalue weighted by Gasteiger charge is -2.09. The van der Waals surface area contributed by atoms with Gasteiger partial charge in [0.25, 0.3) is 5.91 Å². The van der Waals surface area contributed by atoms with Gasteiger partial charge in [-0.05, 0) is 29.8 Å². The molecule has 2 aromatic carbocycles. The molecule has 7 heteroatoms. The van der Waals surface area contributed by atoms with Crippen molar-refractivity contribution in [1.29, 1.82) is 0 Å². The minimum Gasteiger partial charge on any atom is -0.480 e. The van der Waals surface area contributed by atoms with Crippen molar-refractivity contribution in [3.8, 4) is 5.75 Å². The SMILES string of the molecule is O=C(COC(=O)COc1ccccc1Cl)NCc1cccc(Cl)c1. The van der Waals surface area contributed by atoms with Crippen LogP contribution in [0.25, 0.3) is 0 Å². The van der Waals surface area contributed by atoms with E-state index in [2.05, 4.69) is 5.32 Å². The Morgan fingerprint density at radius 2 is 1.79 bits per heavy atom. The zero-order valence-corrected chi connectivity index (χ0v) is 14.1. The number of nitrogens with one attached hydrogen (secondary N) is 1. The molecule has 2 aromatic rings. The number of hydrogen-bond donors (Lipinski definition) is 1. The molecule has 126 valence electrons. The Hall–Kier alpha value is -2.24. The summed E-state index contributed by atoms with van der Waals surface area (Å²) < 4.78 is 10.1. The molecule has 0 bridgehead atoms. The first-order chi connectivity index (χ1) is 11.5. The maximum absolute atomic E-state index is 11.7. The van der Waals surface area contributed by atoms with Crippen molar-refractivity contribution in [3.05, 3.63) is 64.1 Å². The second-order valence-electron chi connectivity index (χ2n) is 4.79. The van der Waals surface area contributed by atoms with Gasteiger partial charge < -0.3 is 14.8 Å². The molecule has 0 spiro atoms. The molecule has 0 saturated heterocycles. The quantitative estimate of drug-likeness (QED) is 0.763.